The lowest BCUT2D eigenvalue weighted by Gasteiger charge is -2.06. The molecule has 0 unspecified atom stereocenters. The van der Waals surface area contributed by atoms with Gasteiger partial charge in [0.2, 0.25) is 0 Å². The fraction of sp³-hybridized carbons (Fsp3) is 0.0909. The van der Waals surface area contributed by atoms with Gasteiger partial charge in [0, 0.05) is 6.20 Å². The van der Waals surface area contributed by atoms with Crippen molar-refractivity contribution in [2.75, 3.05) is 12.4 Å². The predicted octanol–water partition coefficient (Wildman–Crippen LogP) is 1.38. The third kappa shape index (κ3) is 2.36. The number of aromatic hydroxyl groups is 1. The maximum absolute atomic E-state index is 11.8. The average Bonchev–Trinajstić information content (AvgIpc) is 2.82. The summed E-state index contributed by atoms with van der Waals surface area (Å²) >= 11 is 0. The second kappa shape index (κ2) is 4.56. The average molecular weight is 233 g/mol. The summed E-state index contributed by atoms with van der Waals surface area (Å²) < 4.78 is 4.99. The molecule has 0 aliphatic carbocycles. The maximum Gasteiger partial charge on any atom is 0.259 e. The van der Waals surface area contributed by atoms with Crippen LogP contribution in [0, 0.1) is 0 Å². The molecule has 1 aromatic carbocycles. The van der Waals surface area contributed by atoms with E-state index in [9.17, 15) is 9.90 Å². The van der Waals surface area contributed by atoms with E-state index in [0.29, 0.717) is 11.4 Å². The molecule has 0 atom stereocenters. The molecule has 6 nitrogen and oxygen atoms in total. The molecular weight excluding hydrogens is 222 g/mol. The highest BCUT2D eigenvalue weighted by atomic mass is 16.5. The van der Waals surface area contributed by atoms with Crippen molar-refractivity contribution in [1.29, 1.82) is 0 Å². The van der Waals surface area contributed by atoms with Crippen LogP contribution in [0.4, 0.5) is 5.69 Å². The Morgan fingerprint density at radius 3 is 3.00 bits per heavy atom. The topological polar surface area (TPSA) is 87.2 Å². The maximum atomic E-state index is 11.8. The summed E-state index contributed by atoms with van der Waals surface area (Å²) in [4.78, 5) is 11.8. The molecule has 0 saturated heterocycles. The number of hydrogen-bond acceptors (Lipinski definition) is 4. The Morgan fingerprint density at radius 1 is 1.53 bits per heavy atom. The number of carbonyl (C=O) groups is 1. The third-order valence-electron chi connectivity index (χ3n) is 2.20. The van der Waals surface area contributed by atoms with Gasteiger partial charge in [0.15, 0.2) is 0 Å². The van der Waals surface area contributed by atoms with Crippen molar-refractivity contribution in [3.63, 3.8) is 0 Å². The standard InChI is InChI=1S/C11H11N3O3/c1-17-8-2-3-10(15)9(4-8)11(16)14-7-5-12-13-6-7/h2-6,15H,1H3,(H,12,13)(H,14,16). The first-order valence-corrected chi connectivity index (χ1v) is 4.88. The van der Waals surface area contributed by atoms with Crippen molar-refractivity contribution < 1.29 is 14.6 Å². The molecule has 1 amide bonds. The lowest BCUT2D eigenvalue weighted by Crippen LogP contribution is -2.11. The van der Waals surface area contributed by atoms with Gasteiger partial charge in [0.25, 0.3) is 5.91 Å². The third-order valence-corrected chi connectivity index (χ3v) is 2.20. The monoisotopic (exact) mass is 233 g/mol. The minimum Gasteiger partial charge on any atom is -0.507 e. The molecule has 0 aliphatic rings. The van der Waals surface area contributed by atoms with Crippen molar-refractivity contribution in [1.82, 2.24) is 10.2 Å². The highest BCUT2D eigenvalue weighted by Gasteiger charge is 2.12. The van der Waals surface area contributed by atoms with Crippen LogP contribution in [0.15, 0.2) is 30.6 Å². The molecule has 0 bridgehead atoms. The van der Waals surface area contributed by atoms with Gasteiger partial charge in [-0.1, -0.05) is 0 Å². The molecule has 17 heavy (non-hydrogen) atoms. The highest BCUT2D eigenvalue weighted by Crippen LogP contribution is 2.23. The number of ether oxygens (including phenoxy) is 1. The summed E-state index contributed by atoms with van der Waals surface area (Å²) in [5.74, 6) is -0.0326. The number of phenols is 1. The van der Waals surface area contributed by atoms with Gasteiger partial charge in [-0.2, -0.15) is 5.10 Å². The molecule has 88 valence electrons. The zero-order valence-corrected chi connectivity index (χ0v) is 9.10. The number of hydrogen-bond donors (Lipinski definition) is 3. The molecule has 0 radical (unpaired) electrons. The number of aromatic amines is 1. The van der Waals surface area contributed by atoms with Crippen molar-refractivity contribution in [2.45, 2.75) is 0 Å². The van der Waals surface area contributed by atoms with E-state index in [1.807, 2.05) is 0 Å². The zero-order chi connectivity index (χ0) is 12.3. The summed E-state index contributed by atoms with van der Waals surface area (Å²) in [5.41, 5.74) is 0.669. The van der Waals surface area contributed by atoms with Gasteiger partial charge in [0.1, 0.15) is 11.5 Å². The molecule has 1 heterocycles. The molecule has 0 fully saturated rings. The molecule has 0 saturated carbocycles. The second-order valence-electron chi connectivity index (χ2n) is 3.32. The minimum absolute atomic E-state index is 0.105. The van der Waals surface area contributed by atoms with E-state index in [-0.39, 0.29) is 11.3 Å². The van der Waals surface area contributed by atoms with Gasteiger partial charge >= 0.3 is 0 Å². The molecule has 0 spiro atoms. The number of H-pyrrole nitrogens is 1. The first kappa shape index (κ1) is 11.0. The van der Waals surface area contributed by atoms with Gasteiger partial charge in [-0.25, -0.2) is 0 Å². The molecule has 1 aromatic heterocycles. The summed E-state index contributed by atoms with van der Waals surface area (Å²) in [6.45, 7) is 0. The van der Waals surface area contributed by atoms with Crippen LogP contribution in [-0.2, 0) is 0 Å². The smallest absolute Gasteiger partial charge is 0.259 e. The Labute approximate surface area is 97.2 Å². The number of benzene rings is 1. The van der Waals surface area contributed by atoms with Gasteiger partial charge in [-0.15, -0.1) is 0 Å². The Hall–Kier alpha value is -2.50. The Balaban J connectivity index is 2.24. The normalized spacial score (nSPS) is 9.94. The van der Waals surface area contributed by atoms with Crippen molar-refractivity contribution >= 4 is 11.6 Å². The van der Waals surface area contributed by atoms with Crippen LogP contribution in [0.2, 0.25) is 0 Å². The van der Waals surface area contributed by atoms with E-state index in [1.165, 1.54) is 31.6 Å². The number of nitrogens with one attached hydrogen (secondary N) is 2. The predicted molar refractivity (Wildman–Crippen MR) is 61.2 cm³/mol. The first-order valence-electron chi connectivity index (χ1n) is 4.88. The van der Waals surface area contributed by atoms with Crippen LogP contribution in [0.25, 0.3) is 0 Å². The Kier molecular flexibility index (Phi) is 2.95. The number of aromatic nitrogens is 2. The lowest BCUT2D eigenvalue weighted by atomic mass is 10.1. The molecule has 0 aliphatic heterocycles. The number of nitrogens with zero attached hydrogens (tertiary/aromatic N) is 1. The van der Waals surface area contributed by atoms with Crippen LogP contribution >= 0.6 is 0 Å². The van der Waals surface area contributed by atoms with Gasteiger partial charge in [-0.3, -0.25) is 9.89 Å². The second-order valence-corrected chi connectivity index (χ2v) is 3.32. The van der Waals surface area contributed by atoms with E-state index < -0.39 is 5.91 Å². The summed E-state index contributed by atoms with van der Waals surface area (Å²) in [5, 5.41) is 18.4. The summed E-state index contributed by atoms with van der Waals surface area (Å²) in [7, 11) is 1.49. The van der Waals surface area contributed by atoms with E-state index in [4.69, 9.17) is 4.74 Å². The minimum atomic E-state index is -0.428. The van der Waals surface area contributed by atoms with E-state index in [2.05, 4.69) is 15.5 Å². The first-order chi connectivity index (χ1) is 8.20. The SMILES string of the molecule is COc1ccc(O)c(C(=O)Nc2cn[nH]c2)c1. The van der Waals surface area contributed by atoms with Crippen molar-refractivity contribution in [2.24, 2.45) is 0 Å². The molecular formula is C11H11N3O3. The van der Waals surface area contributed by atoms with Crippen molar-refractivity contribution in [3.8, 4) is 11.5 Å². The van der Waals surface area contributed by atoms with E-state index >= 15 is 0 Å². The number of rotatable bonds is 3. The van der Waals surface area contributed by atoms with Crippen molar-refractivity contribution in [3.05, 3.63) is 36.2 Å². The number of phenolic OH excluding ortho intramolecular Hbond substituents is 1. The molecule has 6 heteroatoms. The van der Waals surface area contributed by atoms with Gasteiger partial charge in [0.05, 0.1) is 24.6 Å². The Morgan fingerprint density at radius 2 is 2.35 bits per heavy atom. The van der Waals surface area contributed by atoms with E-state index in [0.717, 1.165) is 0 Å². The molecule has 2 aromatic rings. The largest absolute Gasteiger partial charge is 0.507 e. The van der Waals surface area contributed by atoms with Crippen LogP contribution in [0.1, 0.15) is 10.4 Å². The van der Waals surface area contributed by atoms with Crippen LogP contribution < -0.4 is 10.1 Å². The quantitative estimate of drug-likeness (QED) is 0.747. The molecule has 2 rings (SSSR count). The number of anilines is 1. The fourth-order valence-electron chi connectivity index (χ4n) is 1.34. The summed E-state index contributed by atoms with van der Waals surface area (Å²) in [6.07, 6.45) is 3.00. The summed E-state index contributed by atoms with van der Waals surface area (Å²) in [6, 6.07) is 4.44. The number of carbonyl (C=O) groups excluding carboxylic acids is 1. The molecule has 3 N–H and O–H groups in total. The van der Waals surface area contributed by atoms with Crippen LogP contribution in [0.5, 0.6) is 11.5 Å². The number of methoxy groups -OCH3 is 1. The lowest BCUT2D eigenvalue weighted by molar-refractivity contribution is 0.102. The van der Waals surface area contributed by atoms with Crippen LogP contribution in [-0.4, -0.2) is 28.3 Å². The highest BCUT2D eigenvalue weighted by molar-refractivity contribution is 6.06. The van der Waals surface area contributed by atoms with Crippen LogP contribution in [0.3, 0.4) is 0 Å². The zero-order valence-electron chi connectivity index (χ0n) is 9.10. The number of amides is 1. The fourth-order valence-corrected chi connectivity index (χ4v) is 1.34. The van der Waals surface area contributed by atoms with E-state index in [1.54, 1.807) is 6.07 Å². The van der Waals surface area contributed by atoms with Gasteiger partial charge in [-0.05, 0) is 18.2 Å². The van der Waals surface area contributed by atoms with Gasteiger partial charge < -0.3 is 15.2 Å². The Bertz CT molecular complexity index is 523.